The summed E-state index contributed by atoms with van der Waals surface area (Å²) in [6, 6.07) is 13.0. The molecule has 0 radical (unpaired) electrons. The fourth-order valence-corrected chi connectivity index (χ4v) is 5.93. The molecule has 0 atom stereocenters. The van der Waals surface area contributed by atoms with E-state index in [0.29, 0.717) is 52.1 Å². The minimum absolute atomic E-state index is 0.111. The van der Waals surface area contributed by atoms with Crippen molar-refractivity contribution in [1.82, 2.24) is 9.21 Å². The number of carbonyl (C=O) groups excluding carboxylic acids is 1. The summed E-state index contributed by atoms with van der Waals surface area (Å²) in [5.74, 6) is -0.292. The topological polar surface area (TPSA) is 60.9 Å². The van der Waals surface area contributed by atoms with Crippen molar-refractivity contribution in [3.05, 3.63) is 58.8 Å². The van der Waals surface area contributed by atoms with Gasteiger partial charge in [-0.25, -0.2) is 12.8 Å². The molecular formula is C22H25BrFN3O3S. The van der Waals surface area contributed by atoms with E-state index in [4.69, 9.17) is 0 Å². The molecule has 2 heterocycles. The molecule has 0 aliphatic carbocycles. The van der Waals surface area contributed by atoms with E-state index >= 15 is 0 Å². The zero-order valence-electron chi connectivity index (χ0n) is 17.1. The van der Waals surface area contributed by atoms with E-state index in [0.717, 1.165) is 10.2 Å². The first-order chi connectivity index (χ1) is 14.8. The Balaban J connectivity index is 1.30. The van der Waals surface area contributed by atoms with Crippen LogP contribution >= 0.6 is 15.9 Å². The molecule has 0 unspecified atom stereocenters. The van der Waals surface area contributed by atoms with Gasteiger partial charge in [-0.1, -0.05) is 15.9 Å². The van der Waals surface area contributed by atoms with Crippen molar-refractivity contribution < 1.29 is 17.6 Å². The first kappa shape index (κ1) is 22.2. The highest BCUT2D eigenvalue weighted by Crippen LogP contribution is 2.27. The van der Waals surface area contributed by atoms with Gasteiger partial charge >= 0.3 is 0 Å². The lowest BCUT2D eigenvalue weighted by molar-refractivity contribution is -0.137. The van der Waals surface area contributed by atoms with Crippen molar-refractivity contribution in [2.45, 2.75) is 17.7 Å². The summed E-state index contributed by atoms with van der Waals surface area (Å²) < 4.78 is 41.1. The average molecular weight is 510 g/mol. The number of piperidine rings is 1. The lowest BCUT2D eigenvalue weighted by atomic mass is 9.96. The molecule has 166 valence electrons. The summed E-state index contributed by atoms with van der Waals surface area (Å²) in [7, 11) is -3.54. The van der Waals surface area contributed by atoms with Crippen molar-refractivity contribution in [3.63, 3.8) is 0 Å². The second kappa shape index (κ2) is 9.26. The largest absolute Gasteiger partial charge is 0.368 e. The molecule has 0 spiro atoms. The number of hydrogen-bond donors (Lipinski definition) is 0. The maximum atomic E-state index is 13.1. The predicted octanol–water partition coefficient (Wildman–Crippen LogP) is 3.34. The SMILES string of the molecule is O=C(C1CCN(S(=O)(=O)c2ccc(Br)cc2)CC1)N1CCN(c2ccc(F)cc2)CC1. The average Bonchev–Trinajstić information content (AvgIpc) is 2.80. The van der Waals surface area contributed by atoms with E-state index in [9.17, 15) is 17.6 Å². The summed E-state index contributed by atoms with van der Waals surface area (Å²) in [6.45, 7) is 3.35. The number of amides is 1. The van der Waals surface area contributed by atoms with Crippen LogP contribution in [0.3, 0.4) is 0 Å². The number of hydrogen-bond acceptors (Lipinski definition) is 4. The van der Waals surface area contributed by atoms with Crippen molar-refractivity contribution in [3.8, 4) is 0 Å². The molecule has 2 aliphatic rings. The van der Waals surface area contributed by atoms with Crippen LogP contribution in [0.5, 0.6) is 0 Å². The summed E-state index contributed by atoms with van der Waals surface area (Å²) in [6.07, 6.45) is 1.07. The van der Waals surface area contributed by atoms with Crippen molar-refractivity contribution in [2.75, 3.05) is 44.2 Å². The zero-order valence-corrected chi connectivity index (χ0v) is 19.5. The maximum absolute atomic E-state index is 13.1. The molecule has 4 rings (SSSR count). The second-order valence-electron chi connectivity index (χ2n) is 7.92. The van der Waals surface area contributed by atoms with Crippen LogP contribution in [0.1, 0.15) is 12.8 Å². The van der Waals surface area contributed by atoms with Crippen LogP contribution in [0.15, 0.2) is 57.9 Å². The molecule has 0 N–H and O–H groups in total. The number of benzene rings is 2. The van der Waals surface area contributed by atoms with E-state index in [1.807, 2.05) is 4.90 Å². The number of nitrogens with zero attached hydrogens (tertiary/aromatic N) is 3. The number of sulfonamides is 1. The van der Waals surface area contributed by atoms with E-state index in [1.54, 1.807) is 36.4 Å². The van der Waals surface area contributed by atoms with Crippen LogP contribution in [0.2, 0.25) is 0 Å². The standard InChI is InChI=1S/C22H25BrFN3O3S/c23-18-1-7-21(8-2-18)31(29,30)27-11-9-17(10-12-27)22(28)26-15-13-25(14-16-26)20-5-3-19(24)4-6-20/h1-8,17H,9-16H2. The quantitative estimate of drug-likeness (QED) is 0.634. The Morgan fingerprint density at radius 1 is 0.871 bits per heavy atom. The summed E-state index contributed by atoms with van der Waals surface area (Å²) in [5, 5.41) is 0. The van der Waals surface area contributed by atoms with E-state index in [2.05, 4.69) is 20.8 Å². The summed E-state index contributed by atoms with van der Waals surface area (Å²) in [4.78, 5) is 17.3. The first-order valence-corrected chi connectivity index (χ1v) is 12.6. The third-order valence-corrected chi connectivity index (χ3v) is 8.48. The number of carbonyl (C=O) groups is 1. The van der Waals surface area contributed by atoms with Crippen LogP contribution in [0, 0.1) is 11.7 Å². The molecule has 6 nitrogen and oxygen atoms in total. The third-order valence-electron chi connectivity index (χ3n) is 6.04. The Morgan fingerprint density at radius 2 is 1.45 bits per heavy atom. The fraction of sp³-hybridized carbons (Fsp3) is 0.409. The summed E-state index contributed by atoms with van der Waals surface area (Å²) >= 11 is 3.32. The minimum atomic E-state index is -3.54. The highest BCUT2D eigenvalue weighted by molar-refractivity contribution is 9.10. The monoisotopic (exact) mass is 509 g/mol. The maximum Gasteiger partial charge on any atom is 0.243 e. The third kappa shape index (κ3) is 4.94. The molecule has 2 aromatic rings. The fourth-order valence-electron chi connectivity index (χ4n) is 4.19. The smallest absolute Gasteiger partial charge is 0.243 e. The van der Waals surface area contributed by atoms with Gasteiger partial charge in [0.05, 0.1) is 4.90 Å². The second-order valence-corrected chi connectivity index (χ2v) is 10.8. The Hall–Kier alpha value is -1.97. The highest BCUT2D eigenvalue weighted by atomic mass is 79.9. The van der Waals surface area contributed by atoms with Crippen LogP contribution in [0.4, 0.5) is 10.1 Å². The molecule has 9 heteroatoms. The molecule has 0 aromatic heterocycles. The Bertz CT molecular complexity index is 1010. The van der Waals surface area contributed by atoms with Gasteiger partial charge < -0.3 is 9.80 Å². The lowest BCUT2D eigenvalue weighted by Gasteiger charge is -2.39. The molecule has 2 fully saturated rings. The van der Waals surface area contributed by atoms with Crippen LogP contribution in [-0.4, -0.2) is 62.8 Å². The summed E-state index contributed by atoms with van der Waals surface area (Å²) in [5.41, 5.74) is 0.958. The Kier molecular flexibility index (Phi) is 6.64. The van der Waals surface area contributed by atoms with Gasteiger partial charge in [0.15, 0.2) is 0 Å². The Labute approximate surface area is 190 Å². The van der Waals surface area contributed by atoms with E-state index < -0.39 is 10.0 Å². The van der Waals surface area contributed by atoms with Gasteiger partial charge in [0.25, 0.3) is 0 Å². The van der Waals surface area contributed by atoms with Crippen LogP contribution in [-0.2, 0) is 14.8 Å². The van der Waals surface area contributed by atoms with Gasteiger partial charge in [-0.05, 0) is 61.4 Å². The van der Waals surface area contributed by atoms with Gasteiger partial charge in [0, 0.05) is 55.3 Å². The molecule has 2 aromatic carbocycles. The van der Waals surface area contributed by atoms with Gasteiger partial charge in [0.2, 0.25) is 15.9 Å². The van der Waals surface area contributed by atoms with Crippen molar-refractivity contribution >= 4 is 37.5 Å². The number of anilines is 1. The lowest BCUT2D eigenvalue weighted by Crippen LogP contribution is -2.52. The molecule has 0 bridgehead atoms. The van der Waals surface area contributed by atoms with Gasteiger partial charge in [-0.2, -0.15) is 4.31 Å². The molecule has 31 heavy (non-hydrogen) atoms. The number of piperazine rings is 1. The predicted molar refractivity (Wildman–Crippen MR) is 121 cm³/mol. The first-order valence-electron chi connectivity index (χ1n) is 10.4. The normalized spacial score (nSPS) is 18.9. The van der Waals surface area contributed by atoms with E-state index in [-0.39, 0.29) is 22.5 Å². The molecule has 2 aliphatic heterocycles. The molecule has 1 amide bonds. The Morgan fingerprint density at radius 3 is 2.03 bits per heavy atom. The van der Waals surface area contributed by atoms with Gasteiger partial charge in [-0.15, -0.1) is 0 Å². The number of halogens is 2. The van der Waals surface area contributed by atoms with Crippen LogP contribution < -0.4 is 4.90 Å². The number of rotatable bonds is 4. The highest BCUT2D eigenvalue weighted by Gasteiger charge is 2.34. The van der Waals surface area contributed by atoms with Gasteiger partial charge in [0.1, 0.15) is 5.82 Å². The van der Waals surface area contributed by atoms with E-state index in [1.165, 1.54) is 16.4 Å². The molecular weight excluding hydrogens is 485 g/mol. The van der Waals surface area contributed by atoms with Crippen LogP contribution in [0.25, 0.3) is 0 Å². The molecule has 2 saturated heterocycles. The molecule has 0 saturated carbocycles. The zero-order chi connectivity index (χ0) is 22.0. The van der Waals surface area contributed by atoms with Crippen molar-refractivity contribution in [2.24, 2.45) is 5.92 Å². The van der Waals surface area contributed by atoms with Crippen molar-refractivity contribution in [1.29, 1.82) is 0 Å². The minimum Gasteiger partial charge on any atom is -0.368 e. The van der Waals surface area contributed by atoms with Gasteiger partial charge in [-0.3, -0.25) is 4.79 Å².